The van der Waals surface area contributed by atoms with Gasteiger partial charge in [-0.2, -0.15) is 0 Å². The molecule has 0 aliphatic rings. The van der Waals surface area contributed by atoms with E-state index in [2.05, 4.69) is 4.74 Å². The molecule has 0 aromatic rings. The van der Waals surface area contributed by atoms with E-state index in [1.807, 2.05) is 6.92 Å². The van der Waals surface area contributed by atoms with Crippen molar-refractivity contribution in [3.8, 4) is 0 Å². The van der Waals surface area contributed by atoms with Gasteiger partial charge >= 0.3 is 5.97 Å². The summed E-state index contributed by atoms with van der Waals surface area (Å²) in [6.07, 6.45) is 2.05. The molecule has 0 heterocycles. The van der Waals surface area contributed by atoms with Crippen LogP contribution in [0.1, 0.15) is 20.3 Å². The highest BCUT2D eigenvalue weighted by Gasteiger charge is 1.92. The van der Waals surface area contributed by atoms with E-state index in [9.17, 15) is 4.79 Å². The van der Waals surface area contributed by atoms with Crippen molar-refractivity contribution >= 4 is 5.97 Å². The number of esters is 1. The first-order chi connectivity index (χ1) is 4.70. The molecule has 0 atom stereocenters. The Morgan fingerprint density at radius 3 is 2.50 bits per heavy atom. The lowest BCUT2D eigenvalue weighted by Gasteiger charge is -2.00. The van der Waals surface area contributed by atoms with Crippen molar-refractivity contribution in [1.82, 2.24) is 0 Å². The van der Waals surface area contributed by atoms with E-state index in [0.29, 0.717) is 5.76 Å². The van der Waals surface area contributed by atoms with Crippen molar-refractivity contribution in [2.24, 2.45) is 0 Å². The molecule has 0 N–H and O–H groups in total. The summed E-state index contributed by atoms with van der Waals surface area (Å²) in [5.74, 6) is 0.332. The Balaban J connectivity index is 3.74. The van der Waals surface area contributed by atoms with Crippen LogP contribution in [0, 0.1) is 0 Å². The first-order valence-corrected chi connectivity index (χ1v) is 3.11. The van der Waals surface area contributed by atoms with Crippen LogP contribution in [0.25, 0.3) is 0 Å². The van der Waals surface area contributed by atoms with E-state index in [0.717, 1.165) is 6.42 Å². The monoisotopic (exact) mass is 144 g/mol. The van der Waals surface area contributed by atoms with E-state index in [1.54, 1.807) is 7.11 Å². The van der Waals surface area contributed by atoms with Crippen LogP contribution < -0.4 is 0 Å². The van der Waals surface area contributed by atoms with E-state index >= 15 is 0 Å². The number of allylic oxidation sites excluding steroid dienone is 1. The molecule has 0 aliphatic carbocycles. The number of methoxy groups -OCH3 is 1. The Bertz CT molecular complexity index is 132. The molecule has 0 saturated carbocycles. The van der Waals surface area contributed by atoms with Crippen LogP contribution in [0.3, 0.4) is 0 Å². The number of carbonyl (C=O) groups is 1. The maximum absolute atomic E-state index is 10.3. The molecule has 0 fully saturated rings. The molecule has 0 aromatic heterocycles. The van der Waals surface area contributed by atoms with Gasteiger partial charge in [0.15, 0.2) is 0 Å². The van der Waals surface area contributed by atoms with Crippen molar-refractivity contribution in [1.29, 1.82) is 0 Å². The fourth-order valence-electron chi connectivity index (χ4n) is 0.424. The van der Waals surface area contributed by atoms with Crippen LogP contribution in [0.4, 0.5) is 0 Å². The third-order valence-corrected chi connectivity index (χ3v) is 0.967. The van der Waals surface area contributed by atoms with Crippen molar-refractivity contribution in [2.75, 3.05) is 7.11 Å². The lowest BCUT2D eigenvalue weighted by molar-refractivity contribution is -0.135. The highest BCUT2D eigenvalue weighted by atomic mass is 16.5. The number of hydrogen-bond donors (Lipinski definition) is 0. The molecule has 0 aromatic carbocycles. The third kappa shape index (κ3) is 3.95. The molecule has 0 unspecified atom stereocenters. The molecular formula is C7H12O3. The average molecular weight is 144 g/mol. The van der Waals surface area contributed by atoms with Crippen molar-refractivity contribution in [2.45, 2.75) is 20.3 Å². The number of hydrogen-bond acceptors (Lipinski definition) is 3. The van der Waals surface area contributed by atoms with Gasteiger partial charge in [0.2, 0.25) is 0 Å². The van der Waals surface area contributed by atoms with Crippen LogP contribution in [0.5, 0.6) is 0 Å². The second-order valence-corrected chi connectivity index (χ2v) is 1.75. The summed E-state index contributed by atoms with van der Waals surface area (Å²) in [5.41, 5.74) is 0. The van der Waals surface area contributed by atoms with Crippen molar-refractivity contribution < 1.29 is 14.3 Å². The van der Waals surface area contributed by atoms with Gasteiger partial charge in [0.25, 0.3) is 0 Å². The molecule has 0 radical (unpaired) electrons. The third-order valence-electron chi connectivity index (χ3n) is 0.967. The Hall–Kier alpha value is -0.990. The first-order valence-electron chi connectivity index (χ1n) is 3.11. The largest absolute Gasteiger partial charge is 0.498 e. The van der Waals surface area contributed by atoms with Gasteiger partial charge in [-0.1, -0.05) is 6.92 Å². The van der Waals surface area contributed by atoms with Crippen LogP contribution in [0.2, 0.25) is 0 Å². The molecule has 10 heavy (non-hydrogen) atoms. The lowest BCUT2D eigenvalue weighted by Crippen LogP contribution is -1.93. The quantitative estimate of drug-likeness (QED) is 0.444. The predicted molar refractivity (Wildman–Crippen MR) is 37.1 cm³/mol. The van der Waals surface area contributed by atoms with E-state index in [4.69, 9.17) is 4.74 Å². The summed E-state index contributed by atoms with van der Waals surface area (Å²) in [5, 5.41) is 0. The Kier molecular flexibility index (Phi) is 4.37. The van der Waals surface area contributed by atoms with Crippen LogP contribution in [-0.4, -0.2) is 13.1 Å². The van der Waals surface area contributed by atoms with Gasteiger partial charge in [-0.25, -0.2) is 0 Å². The fourth-order valence-corrected chi connectivity index (χ4v) is 0.424. The van der Waals surface area contributed by atoms with E-state index in [-0.39, 0.29) is 5.97 Å². The minimum Gasteiger partial charge on any atom is -0.498 e. The molecule has 0 amide bonds. The lowest BCUT2D eigenvalue weighted by atomic mass is 10.4. The SMILES string of the molecule is CCC(=COC(C)=O)OC. The second-order valence-electron chi connectivity index (χ2n) is 1.75. The van der Waals surface area contributed by atoms with Gasteiger partial charge in [0.05, 0.1) is 7.11 Å². The molecule has 0 spiro atoms. The second kappa shape index (κ2) is 4.85. The highest BCUT2D eigenvalue weighted by molar-refractivity contribution is 5.66. The Morgan fingerprint density at radius 1 is 1.60 bits per heavy atom. The molecule has 0 aliphatic heterocycles. The molecule has 58 valence electrons. The summed E-state index contributed by atoms with van der Waals surface area (Å²) in [6, 6.07) is 0. The predicted octanol–water partition coefficient (Wildman–Crippen LogP) is 1.45. The van der Waals surface area contributed by atoms with Gasteiger partial charge in [-0.15, -0.1) is 0 Å². The minimum atomic E-state index is -0.331. The zero-order valence-electron chi connectivity index (χ0n) is 6.51. The Labute approximate surface area is 60.6 Å². The number of carbonyl (C=O) groups excluding carboxylic acids is 1. The fraction of sp³-hybridized carbons (Fsp3) is 0.571. The summed E-state index contributed by atoms with van der Waals surface area (Å²) >= 11 is 0. The van der Waals surface area contributed by atoms with Crippen molar-refractivity contribution in [3.63, 3.8) is 0 Å². The van der Waals surface area contributed by atoms with Crippen molar-refractivity contribution in [3.05, 3.63) is 12.0 Å². The zero-order chi connectivity index (χ0) is 7.98. The van der Waals surface area contributed by atoms with Crippen LogP contribution >= 0.6 is 0 Å². The number of ether oxygens (including phenoxy) is 2. The van der Waals surface area contributed by atoms with E-state index < -0.39 is 0 Å². The standard InChI is InChI=1S/C7H12O3/c1-4-7(9-3)5-10-6(2)8/h5H,4H2,1-3H3. The summed E-state index contributed by atoms with van der Waals surface area (Å²) in [6.45, 7) is 3.26. The molecular weight excluding hydrogens is 132 g/mol. The molecule has 0 saturated heterocycles. The minimum absolute atomic E-state index is 0.331. The normalized spacial score (nSPS) is 10.9. The summed E-state index contributed by atoms with van der Waals surface area (Å²) < 4.78 is 9.39. The van der Waals surface area contributed by atoms with Gasteiger partial charge in [-0.3, -0.25) is 4.79 Å². The van der Waals surface area contributed by atoms with Crippen LogP contribution in [0.15, 0.2) is 12.0 Å². The molecule has 0 rings (SSSR count). The van der Waals surface area contributed by atoms with Crippen LogP contribution in [-0.2, 0) is 14.3 Å². The highest BCUT2D eigenvalue weighted by Crippen LogP contribution is 2.00. The topological polar surface area (TPSA) is 35.5 Å². The molecule has 0 bridgehead atoms. The maximum atomic E-state index is 10.3. The maximum Gasteiger partial charge on any atom is 0.307 e. The smallest absolute Gasteiger partial charge is 0.307 e. The molecule has 3 heteroatoms. The van der Waals surface area contributed by atoms with Gasteiger partial charge in [0.1, 0.15) is 12.0 Å². The summed E-state index contributed by atoms with van der Waals surface area (Å²) in [7, 11) is 1.54. The molecule has 3 nitrogen and oxygen atoms in total. The number of rotatable bonds is 3. The Morgan fingerprint density at radius 2 is 2.20 bits per heavy atom. The van der Waals surface area contributed by atoms with Gasteiger partial charge in [-0.05, 0) is 0 Å². The van der Waals surface area contributed by atoms with Gasteiger partial charge < -0.3 is 9.47 Å². The zero-order valence-corrected chi connectivity index (χ0v) is 6.51. The van der Waals surface area contributed by atoms with E-state index in [1.165, 1.54) is 13.2 Å². The summed E-state index contributed by atoms with van der Waals surface area (Å²) in [4.78, 5) is 10.3. The van der Waals surface area contributed by atoms with Gasteiger partial charge in [0, 0.05) is 13.3 Å². The average Bonchev–Trinajstić information content (AvgIpc) is 1.90. The first kappa shape index (κ1) is 9.01.